The molecular formula is C11H18N4O3. The van der Waals surface area contributed by atoms with E-state index < -0.39 is 5.97 Å². The molecule has 0 amide bonds. The van der Waals surface area contributed by atoms with Gasteiger partial charge in [0.25, 0.3) is 0 Å². The molecule has 1 unspecified atom stereocenters. The van der Waals surface area contributed by atoms with Crippen LogP contribution in [-0.2, 0) is 9.53 Å². The molecule has 0 spiro atoms. The maximum atomic E-state index is 10.6. The minimum Gasteiger partial charge on any atom is -0.481 e. The van der Waals surface area contributed by atoms with Crippen molar-refractivity contribution in [2.24, 2.45) is 0 Å². The molecular weight excluding hydrogens is 236 g/mol. The molecule has 0 fully saturated rings. The molecule has 1 aromatic rings. The molecule has 1 atom stereocenters. The van der Waals surface area contributed by atoms with Crippen molar-refractivity contribution >= 4 is 17.7 Å². The fraction of sp³-hybridized carbons (Fsp3) is 0.545. The van der Waals surface area contributed by atoms with Gasteiger partial charge >= 0.3 is 5.97 Å². The van der Waals surface area contributed by atoms with E-state index >= 15 is 0 Å². The summed E-state index contributed by atoms with van der Waals surface area (Å²) in [7, 11) is 5.18. The second-order valence-electron chi connectivity index (χ2n) is 3.97. The number of nitrogens with zero attached hydrogens (tertiary/aromatic N) is 3. The molecule has 0 aliphatic rings. The number of aromatic nitrogens is 2. The first kappa shape index (κ1) is 14.2. The van der Waals surface area contributed by atoms with E-state index in [9.17, 15) is 4.79 Å². The Balaban J connectivity index is 2.56. The molecule has 1 aromatic heterocycles. The summed E-state index contributed by atoms with van der Waals surface area (Å²) in [6.07, 6.45) is 1.21. The molecule has 2 N–H and O–H groups in total. The number of aliphatic carboxylic acids is 1. The topological polar surface area (TPSA) is 87.6 Å². The number of carboxylic acid groups (broad SMARTS) is 1. The largest absolute Gasteiger partial charge is 0.481 e. The highest BCUT2D eigenvalue weighted by Gasteiger charge is 2.12. The molecule has 1 rings (SSSR count). The summed E-state index contributed by atoms with van der Waals surface area (Å²) in [5.74, 6) is 0.341. The summed E-state index contributed by atoms with van der Waals surface area (Å²) in [4.78, 5) is 20.7. The Hall–Kier alpha value is -1.89. The van der Waals surface area contributed by atoms with Crippen LogP contribution in [0.15, 0.2) is 12.3 Å². The van der Waals surface area contributed by atoms with Gasteiger partial charge in [-0.3, -0.25) is 4.79 Å². The quantitative estimate of drug-likeness (QED) is 0.730. The van der Waals surface area contributed by atoms with E-state index in [2.05, 4.69) is 15.3 Å². The Bertz CT molecular complexity index is 398. The zero-order chi connectivity index (χ0) is 13.5. The minimum absolute atomic E-state index is 0.0465. The second kappa shape index (κ2) is 6.75. The van der Waals surface area contributed by atoms with Crippen LogP contribution >= 0.6 is 0 Å². The van der Waals surface area contributed by atoms with Gasteiger partial charge in [0.05, 0.1) is 12.5 Å². The minimum atomic E-state index is -0.889. The third-order valence-corrected chi connectivity index (χ3v) is 2.29. The van der Waals surface area contributed by atoms with Gasteiger partial charge in [-0.2, -0.15) is 4.98 Å². The van der Waals surface area contributed by atoms with Crippen LogP contribution in [-0.4, -0.2) is 54.9 Å². The van der Waals surface area contributed by atoms with E-state index in [1.165, 1.54) is 7.11 Å². The van der Waals surface area contributed by atoms with Crippen LogP contribution in [0.25, 0.3) is 0 Å². The van der Waals surface area contributed by atoms with Crippen molar-refractivity contribution in [1.29, 1.82) is 0 Å². The van der Waals surface area contributed by atoms with Gasteiger partial charge < -0.3 is 20.1 Å². The van der Waals surface area contributed by atoms with Crippen molar-refractivity contribution in [2.75, 3.05) is 38.0 Å². The van der Waals surface area contributed by atoms with E-state index in [-0.39, 0.29) is 12.5 Å². The van der Waals surface area contributed by atoms with E-state index in [1.54, 1.807) is 17.2 Å². The number of hydrogen-bond acceptors (Lipinski definition) is 6. The maximum Gasteiger partial charge on any atom is 0.306 e. The number of anilines is 2. The Labute approximate surface area is 106 Å². The zero-order valence-corrected chi connectivity index (χ0v) is 10.8. The summed E-state index contributed by atoms with van der Waals surface area (Å²) in [5.41, 5.74) is 0. The summed E-state index contributed by atoms with van der Waals surface area (Å²) in [5, 5.41) is 11.7. The lowest BCUT2D eigenvalue weighted by Gasteiger charge is -2.15. The third kappa shape index (κ3) is 4.54. The number of rotatable bonds is 7. The Morgan fingerprint density at radius 2 is 2.33 bits per heavy atom. The van der Waals surface area contributed by atoms with Crippen LogP contribution in [0, 0.1) is 0 Å². The van der Waals surface area contributed by atoms with Crippen LogP contribution < -0.4 is 10.2 Å². The normalized spacial score (nSPS) is 11.9. The predicted molar refractivity (Wildman–Crippen MR) is 67.9 cm³/mol. The number of hydrogen-bond donors (Lipinski definition) is 2. The molecule has 0 aromatic carbocycles. The molecule has 1 heterocycles. The first-order valence-electron chi connectivity index (χ1n) is 5.51. The highest BCUT2D eigenvalue weighted by molar-refractivity contribution is 5.67. The molecule has 18 heavy (non-hydrogen) atoms. The van der Waals surface area contributed by atoms with Gasteiger partial charge in [-0.1, -0.05) is 0 Å². The molecule has 0 aliphatic heterocycles. The van der Waals surface area contributed by atoms with Crippen molar-refractivity contribution < 1.29 is 14.6 Å². The Morgan fingerprint density at radius 3 is 2.89 bits per heavy atom. The predicted octanol–water partition coefficient (Wildman–Crippen LogP) is 0.444. The van der Waals surface area contributed by atoms with Crippen LogP contribution in [0.5, 0.6) is 0 Å². The lowest BCUT2D eigenvalue weighted by Crippen LogP contribution is -2.25. The fourth-order valence-corrected chi connectivity index (χ4v) is 1.31. The van der Waals surface area contributed by atoms with Gasteiger partial charge in [0.15, 0.2) is 0 Å². The van der Waals surface area contributed by atoms with Crippen molar-refractivity contribution in [2.45, 2.75) is 12.5 Å². The zero-order valence-electron chi connectivity index (χ0n) is 10.8. The van der Waals surface area contributed by atoms with Gasteiger partial charge in [0.1, 0.15) is 5.82 Å². The van der Waals surface area contributed by atoms with Crippen molar-refractivity contribution in [1.82, 2.24) is 9.97 Å². The van der Waals surface area contributed by atoms with E-state index in [4.69, 9.17) is 9.84 Å². The Morgan fingerprint density at radius 1 is 1.61 bits per heavy atom. The van der Waals surface area contributed by atoms with Gasteiger partial charge in [-0.05, 0) is 6.07 Å². The SMILES string of the molecule is COC(CNc1ccnc(N(C)C)n1)CC(=O)O. The molecule has 7 heteroatoms. The van der Waals surface area contributed by atoms with Crippen LogP contribution in [0.3, 0.4) is 0 Å². The van der Waals surface area contributed by atoms with Crippen molar-refractivity contribution in [3.8, 4) is 0 Å². The number of carboxylic acids is 1. The molecule has 100 valence electrons. The number of ether oxygens (including phenoxy) is 1. The highest BCUT2D eigenvalue weighted by atomic mass is 16.5. The fourth-order valence-electron chi connectivity index (χ4n) is 1.31. The first-order valence-corrected chi connectivity index (χ1v) is 5.51. The lowest BCUT2D eigenvalue weighted by molar-refractivity contribution is -0.139. The molecule has 0 saturated heterocycles. The number of carbonyl (C=O) groups is 1. The van der Waals surface area contributed by atoms with Gasteiger partial charge in [-0.15, -0.1) is 0 Å². The molecule has 0 aliphatic carbocycles. The Kier molecular flexibility index (Phi) is 5.31. The summed E-state index contributed by atoms with van der Waals surface area (Å²) in [6.45, 7) is 0.382. The standard InChI is InChI=1S/C11H18N4O3/c1-15(2)11-12-5-4-9(14-11)13-7-8(18-3)6-10(16)17/h4-5,8H,6-7H2,1-3H3,(H,16,17)(H,12,13,14). The van der Waals surface area contributed by atoms with Crippen molar-refractivity contribution in [3.63, 3.8) is 0 Å². The smallest absolute Gasteiger partial charge is 0.306 e. The van der Waals surface area contributed by atoms with E-state index in [1.807, 2.05) is 14.1 Å². The summed E-state index contributed by atoms with van der Waals surface area (Å²) in [6, 6.07) is 1.72. The van der Waals surface area contributed by atoms with Crippen LogP contribution in [0.2, 0.25) is 0 Å². The average molecular weight is 254 g/mol. The number of methoxy groups -OCH3 is 1. The number of nitrogens with one attached hydrogen (secondary N) is 1. The monoisotopic (exact) mass is 254 g/mol. The van der Waals surface area contributed by atoms with Crippen LogP contribution in [0.1, 0.15) is 6.42 Å². The first-order chi connectivity index (χ1) is 8.52. The molecule has 0 radical (unpaired) electrons. The van der Waals surface area contributed by atoms with Gasteiger partial charge in [0, 0.05) is 33.9 Å². The summed E-state index contributed by atoms with van der Waals surface area (Å²) < 4.78 is 5.06. The highest BCUT2D eigenvalue weighted by Crippen LogP contribution is 2.08. The lowest BCUT2D eigenvalue weighted by atomic mass is 10.2. The average Bonchev–Trinajstić information content (AvgIpc) is 2.34. The second-order valence-corrected chi connectivity index (χ2v) is 3.97. The van der Waals surface area contributed by atoms with E-state index in [0.29, 0.717) is 18.3 Å². The van der Waals surface area contributed by atoms with Gasteiger partial charge in [-0.25, -0.2) is 4.98 Å². The van der Waals surface area contributed by atoms with Crippen LogP contribution in [0.4, 0.5) is 11.8 Å². The van der Waals surface area contributed by atoms with Crippen molar-refractivity contribution in [3.05, 3.63) is 12.3 Å². The third-order valence-electron chi connectivity index (χ3n) is 2.29. The molecule has 0 bridgehead atoms. The molecule has 7 nitrogen and oxygen atoms in total. The summed E-state index contributed by atoms with van der Waals surface area (Å²) >= 11 is 0. The maximum absolute atomic E-state index is 10.6. The molecule has 0 saturated carbocycles. The van der Waals surface area contributed by atoms with E-state index in [0.717, 1.165) is 0 Å². The van der Waals surface area contributed by atoms with Gasteiger partial charge in [0.2, 0.25) is 5.95 Å².